The fraction of sp³-hybridized carbons (Fsp3) is 0.385. The first-order valence-corrected chi connectivity index (χ1v) is 18.5. The molecule has 2 heterocycles. The molecule has 0 bridgehead atoms. The van der Waals surface area contributed by atoms with E-state index < -0.39 is 155 Å². The molecule has 2 rings (SSSR count). The molecule has 0 aliphatic heterocycles. The van der Waals surface area contributed by atoms with Gasteiger partial charge in [-0.1, -0.05) is 39.5 Å². The molecular formula is C39H46N6O18. The molecule has 63 heavy (non-hydrogen) atoms. The number of ether oxygens (including phenoxy) is 6. The smallest absolute Gasteiger partial charge is 0.336 e. The molecule has 2 aromatic rings. The molecule has 0 aromatic carbocycles. The normalized spacial score (nSPS) is 10.4. The van der Waals surface area contributed by atoms with Crippen molar-refractivity contribution in [1.82, 2.24) is 27.4 Å². The van der Waals surface area contributed by atoms with Crippen LogP contribution < -0.4 is 34.1 Å². The number of aromatic nitrogens is 6. The van der Waals surface area contributed by atoms with Crippen molar-refractivity contribution < 1.29 is 57.2 Å². The Morgan fingerprint density at radius 3 is 0.810 bits per heavy atom. The Kier molecular flexibility index (Phi) is 19.8. The SMILES string of the molecule is C=CC(=O)OCCn1c(=O)n(CCOC(=O)C=C)c(=O)n(CCOC(=O)C(=C)CC(=C)C(=O)OCCn2c(=O)n(CCOC(=O)C(=C)C)c(=O)n(CCOC(=O)C(=C)C)c2=O)c1=O. The number of carbonyl (C=O) groups is 6. The second-order valence-corrected chi connectivity index (χ2v) is 12.8. The van der Waals surface area contributed by atoms with Crippen molar-refractivity contribution >= 4 is 35.8 Å². The molecule has 0 N–H and O–H groups in total. The van der Waals surface area contributed by atoms with Gasteiger partial charge in [0.15, 0.2) is 0 Å². The van der Waals surface area contributed by atoms with Crippen LogP contribution in [0.15, 0.2) is 103 Å². The molecule has 24 nitrogen and oxygen atoms in total. The summed E-state index contributed by atoms with van der Waals surface area (Å²) in [5.74, 6) is -5.52. The van der Waals surface area contributed by atoms with Crippen molar-refractivity contribution in [3.63, 3.8) is 0 Å². The van der Waals surface area contributed by atoms with Crippen LogP contribution in [0.1, 0.15) is 20.3 Å². The average molecular weight is 887 g/mol. The van der Waals surface area contributed by atoms with Crippen LogP contribution in [-0.4, -0.2) is 103 Å². The maximum absolute atomic E-state index is 13.2. The van der Waals surface area contributed by atoms with Gasteiger partial charge in [0.05, 0.1) is 39.3 Å². The van der Waals surface area contributed by atoms with Crippen LogP contribution in [0.2, 0.25) is 0 Å². The zero-order valence-electron chi connectivity index (χ0n) is 34.6. The minimum Gasteiger partial charge on any atom is -0.461 e. The number of hydrogen-bond acceptors (Lipinski definition) is 18. The number of rotatable bonds is 26. The number of nitrogens with zero attached hydrogens (tertiary/aromatic N) is 6. The second-order valence-electron chi connectivity index (χ2n) is 12.8. The summed E-state index contributed by atoms with van der Waals surface area (Å²) in [5.41, 5.74) is -7.44. The highest BCUT2D eigenvalue weighted by Gasteiger charge is 2.21. The fourth-order valence-corrected chi connectivity index (χ4v) is 4.88. The van der Waals surface area contributed by atoms with Crippen LogP contribution in [0.25, 0.3) is 0 Å². The predicted molar refractivity (Wildman–Crippen MR) is 217 cm³/mol. The third-order valence-corrected chi connectivity index (χ3v) is 8.12. The van der Waals surface area contributed by atoms with Crippen molar-refractivity contribution in [2.24, 2.45) is 0 Å². The molecule has 24 heteroatoms. The molecule has 340 valence electrons. The van der Waals surface area contributed by atoms with E-state index in [-0.39, 0.29) is 22.3 Å². The van der Waals surface area contributed by atoms with Gasteiger partial charge in [-0.15, -0.1) is 0 Å². The van der Waals surface area contributed by atoms with E-state index in [2.05, 4.69) is 39.5 Å². The topological polar surface area (TPSA) is 290 Å². The van der Waals surface area contributed by atoms with Crippen LogP contribution in [-0.2, 0) is 96.5 Å². The lowest BCUT2D eigenvalue weighted by Gasteiger charge is -2.15. The Morgan fingerprint density at radius 2 is 0.603 bits per heavy atom. The van der Waals surface area contributed by atoms with Crippen LogP contribution in [0.3, 0.4) is 0 Å². The van der Waals surface area contributed by atoms with Crippen molar-refractivity contribution in [3.05, 3.63) is 137 Å². The summed E-state index contributed by atoms with van der Waals surface area (Å²) >= 11 is 0. The minimum absolute atomic E-state index is 0.0445. The zero-order chi connectivity index (χ0) is 47.6. The van der Waals surface area contributed by atoms with Gasteiger partial charge >= 0.3 is 70.0 Å². The van der Waals surface area contributed by atoms with Gasteiger partial charge in [-0.3, -0.25) is 0 Å². The highest BCUT2D eigenvalue weighted by atomic mass is 16.6. The molecule has 0 unspecified atom stereocenters. The first kappa shape index (κ1) is 51.2. The van der Waals surface area contributed by atoms with E-state index in [1.165, 1.54) is 13.8 Å². The van der Waals surface area contributed by atoms with E-state index in [0.29, 0.717) is 27.4 Å². The summed E-state index contributed by atoms with van der Waals surface area (Å²) < 4.78 is 33.2. The minimum atomic E-state index is -1.15. The van der Waals surface area contributed by atoms with Gasteiger partial charge in [0.1, 0.15) is 39.6 Å². The van der Waals surface area contributed by atoms with E-state index in [4.69, 9.17) is 28.4 Å². The molecule has 0 fully saturated rings. The van der Waals surface area contributed by atoms with E-state index >= 15 is 0 Å². The summed E-state index contributed by atoms with van der Waals surface area (Å²) in [7, 11) is 0. The lowest BCUT2D eigenvalue weighted by Crippen LogP contribution is -2.55. The average Bonchev–Trinajstić information content (AvgIpc) is 3.24. The van der Waals surface area contributed by atoms with Crippen LogP contribution in [0.5, 0.6) is 0 Å². The van der Waals surface area contributed by atoms with Gasteiger partial charge in [-0.25, -0.2) is 84.9 Å². The van der Waals surface area contributed by atoms with Crippen molar-refractivity contribution in [2.45, 2.75) is 59.5 Å². The Bertz CT molecular complexity index is 2440. The Hall–Kier alpha value is -7.92. The quantitative estimate of drug-likeness (QED) is 0.0542. The predicted octanol–water partition coefficient (Wildman–Crippen LogP) is -2.36. The van der Waals surface area contributed by atoms with E-state index in [0.717, 1.165) is 12.2 Å². The Labute approximate surface area is 356 Å². The maximum atomic E-state index is 13.2. The van der Waals surface area contributed by atoms with Crippen LogP contribution >= 0.6 is 0 Å². The van der Waals surface area contributed by atoms with E-state index in [9.17, 15) is 57.5 Å². The highest BCUT2D eigenvalue weighted by molar-refractivity contribution is 5.94. The maximum Gasteiger partial charge on any atom is 0.336 e. The Balaban J connectivity index is 2.16. The van der Waals surface area contributed by atoms with Crippen LogP contribution in [0, 0.1) is 0 Å². The molecule has 0 saturated carbocycles. The molecule has 0 atom stereocenters. The first-order valence-electron chi connectivity index (χ1n) is 18.5. The summed E-state index contributed by atoms with van der Waals surface area (Å²) in [6.45, 7) is 16.8. The second kappa shape index (κ2) is 24.4. The molecule has 0 saturated heterocycles. The summed E-state index contributed by atoms with van der Waals surface area (Å²) in [6, 6.07) is 0. The van der Waals surface area contributed by atoms with Crippen molar-refractivity contribution in [2.75, 3.05) is 39.6 Å². The molecule has 0 spiro atoms. The number of esters is 6. The van der Waals surface area contributed by atoms with Crippen molar-refractivity contribution in [1.29, 1.82) is 0 Å². The van der Waals surface area contributed by atoms with E-state index in [1.807, 2.05) is 0 Å². The lowest BCUT2D eigenvalue weighted by molar-refractivity contribution is -0.141. The van der Waals surface area contributed by atoms with Gasteiger partial charge in [0.25, 0.3) is 0 Å². The molecule has 2 aromatic heterocycles. The van der Waals surface area contributed by atoms with Gasteiger partial charge in [0.2, 0.25) is 0 Å². The summed E-state index contributed by atoms with van der Waals surface area (Å²) in [5, 5.41) is 0. The number of hydrogen-bond donors (Lipinski definition) is 0. The van der Waals surface area contributed by atoms with Gasteiger partial charge < -0.3 is 28.4 Å². The lowest BCUT2D eigenvalue weighted by atomic mass is 10.1. The molecule has 0 aliphatic carbocycles. The summed E-state index contributed by atoms with van der Waals surface area (Å²) in [4.78, 5) is 151. The van der Waals surface area contributed by atoms with Crippen LogP contribution in [0.4, 0.5) is 0 Å². The van der Waals surface area contributed by atoms with E-state index in [1.54, 1.807) is 0 Å². The Morgan fingerprint density at radius 1 is 0.397 bits per heavy atom. The molecule has 0 radical (unpaired) electrons. The van der Waals surface area contributed by atoms with Gasteiger partial charge in [0, 0.05) is 40.9 Å². The first-order chi connectivity index (χ1) is 29.7. The third kappa shape index (κ3) is 14.6. The molecule has 0 amide bonds. The largest absolute Gasteiger partial charge is 0.461 e. The monoisotopic (exact) mass is 886 g/mol. The fourth-order valence-electron chi connectivity index (χ4n) is 4.88. The molecule has 0 aliphatic rings. The van der Waals surface area contributed by atoms with Gasteiger partial charge in [-0.2, -0.15) is 0 Å². The van der Waals surface area contributed by atoms with Gasteiger partial charge in [-0.05, 0) is 13.8 Å². The standard InChI is InChI=1S/C39H46N6O18/c1-9-28(46)58-17-11-40-34(52)41(12-18-59-29(47)10-2)36(54)44(35(40)53)15-21-62-32(50)26(7)23-27(8)33(51)63-22-16-45-38(56)42(13-19-60-30(48)24(3)4)37(55)43(39(45)57)14-20-61-31(49)25(5)6/h9-10H,1-3,5,7-8,11-23H2,4,6H3. The van der Waals surface area contributed by atoms with Crippen molar-refractivity contribution in [3.8, 4) is 0 Å². The third-order valence-electron chi connectivity index (χ3n) is 8.12. The number of carbonyl (C=O) groups excluding carboxylic acids is 6. The zero-order valence-corrected chi connectivity index (χ0v) is 34.6. The summed E-state index contributed by atoms with van der Waals surface area (Å²) in [6.07, 6.45) is 1.17. The highest BCUT2D eigenvalue weighted by Crippen LogP contribution is 2.11. The molecular weight excluding hydrogens is 840 g/mol.